The van der Waals surface area contributed by atoms with Gasteiger partial charge in [0.25, 0.3) is 0 Å². The highest BCUT2D eigenvalue weighted by atomic mass is 35.5. The molecule has 0 aliphatic heterocycles. The van der Waals surface area contributed by atoms with Crippen molar-refractivity contribution in [2.75, 3.05) is 35.2 Å². The zero-order chi connectivity index (χ0) is 39.5. The van der Waals surface area contributed by atoms with Crippen LogP contribution in [0.15, 0.2) is 109 Å². The van der Waals surface area contributed by atoms with E-state index in [1.165, 1.54) is 43.2 Å². The molecule has 8 rings (SSSR count). The van der Waals surface area contributed by atoms with Crippen LogP contribution in [0.25, 0.3) is 55.5 Å². The average molecular weight is 826 g/mol. The van der Waals surface area contributed by atoms with E-state index >= 15 is 0 Å². The van der Waals surface area contributed by atoms with E-state index in [-0.39, 0.29) is 24.8 Å². The van der Waals surface area contributed by atoms with Gasteiger partial charge >= 0.3 is 0 Å². The molecule has 0 unspecified atom stereocenters. The molecule has 8 aromatic rings. The van der Waals surface area contributed by atoms with Gasteiger partial charge in [-0.2, -0.15) is 0 Å². The summed E-state index contributed by atoms with van der Waals surface area (Å²) in [5.74, 6) is 0. The van der Waals surface area contributed by atoms with Crippen molar-refractivity contribution in [3.63, 3.8) is 0 Å². The van der Waals surface area contributed by atoms with Gasteiger partial charge in [0.2, 0.25) is 33.4 Å². The Balaban J connectivity index is 0.00000293. The van der Waals surface area contributed by atoms with Crippen molar-refractivity contribution in [2.24, 2.45) is 0 Å². The molecule has 6 N–H and O–H groups in total. The van der Waals surface area contributed by atoms with Gasteiger partial charge in [0.15, 0.2) is 0 Å². The van der Waals surface area contributed by atoms with Gasteiger partial charge in [0, 0.05) is 84.4 Å². The van der Waals surface area contributed by atoms with E-state index in [0.717, 1.165) is 115 Å². The summed E-state index contributed by atoms with van der Waals surface area (Å²) in [5.41, 5.74) is 31.3. The Hall–Kier alpha value is -5.70. The smallest absolute Gasteiger partial charge is 0.239 e. The maximum atomic E-state index is 6.40. The average Bonchev–Trinajstić information content (AvgIpc) is 3.20. The van der Waals surface area contributed by atoms with E-state index in [4.69, 9.17) is 21.4 Å². The molecule has 0 bridgehead atoms. The molecule has 0 saturated heterocycles. The van der Waals surface area contributed by atoms with Gasteiger partial charge in [-0.25, -0.2) is 9.97 Å². The number of aromatic nitrogens is 4. The van der Waals surface area contributed by atoms with E-state index in [9.17, 15) is 0 Å². The molecule has 0 saturated carbocycles. The fourth-order valence-electron chi connectivity index (χ4n) is 8.02. The lowest BCUT2D eigenvalue weighted by Crippen LogP contribution is -3.00. The zero-order valence-electron chi connectivity index (χ0n) is 34.5. The number of rotatable bonds is 14. The van der Waals surface area contributed by atoms with Crippen LogP contribution < -0.4 is 56.0 Å². The number of nitrogens with one attached hydrogen (secondary N) is 2. The molecule has 0 aliphatic carbocycles. The number of benzene rings is 6. The van der Waals surface area contributed by atoms with Crippen LogP contribution in [0.1, 0.15) is 67.2 Å². The van der Waals surface area contributed by atoms with Crippen LogP contribution in [0.4, 0.5) is 22.7 Å². The summed E-state index contributed by atoms with van der Waals surface area (Å²) < 4.78 is 4.57. The van der Waals surface area contributed by atoms with Gasteiger partial charge in [0.05, 0.1) is 0 Å². The van der Waals surface area contributed by atoms with Crippen LogP contribution in [-0.4, -0.2) is 23.1 Å². The number of aryl methyl sites for hydroxylation is 4. The topological polar surface area (TPSA) is 110 Å². The lowest BCUT2D eigenvalue weighted by Gasteiger charge is -2.12. The van der Waals surface area contributed by atoms with E-state index in [2.05, 4.69) is 143 Å². The molecule has 0 spiro atoms. The van der Waals surface area contributed by atoms with Gasteiger partial charge in [-0.1, -0.05) is 68.5 Å². The number of fused-ring (bicyclic) bond motifs is 4. The first-order chi connectivity index (χ1) is 27.7. The summed E-state index contributed by atoms with van der Waals surface area (Å²) in [5, 5.41) is 7.49. The number of halogens is 2. The third-order valence-corrected chi connectivity index (χ3v) is 11.3. The van der Waals surface area contributed by atoms with E-state index < -0.39 is 0 Å². The molecule has 2 aromatic heterocycles. The summed E-state index contributed by atoms with van der Waals surface area (Å²) in [7, 11) is 0. The highest BCUT2D eigenvalue weighted by Crippen LogP contribution is 2.28. The lowest BCUT2D eigenvalue weighted by molar-refractivity contribution is -0.538. The van der Waals surface area contributed by atoms with Gasteiger partial charge in [0.1, 0.15) is 22.1 Å². The number of hydrogen-bond donors (Lipinski definition) is 4. The standard InChI is InChI=1S/C49H52N8.2ClH/c1-32-24-42-46(28-38(32)50)56(36-18-12-10-13-19-36)48-30-40(34(3)26-44(48)54-42)52-22-16-8-6-5-7-9-17-23-53-41-31-49-45(27-35(41)4)55-43-25-33(2)39(51)29-47(43)57(49)37-20-14-11-15-21-37;;/h10-15,18-21,24-31H,5-9,16-17,22-23H2,1-4H3,(H4,50,51,52,53);2*1H. The summed E-state index contributed by atoms with van der Waals surface area (Å²) in [6.45, 7) is 10.3. The van der Waals surface area contributed by atoms with Crippen LogP contribution in [0.3, 0.4) is 0 Å². The number of unbranched alkanes of at least 4 members (excludes halogenated alkanes) is 6. The molecule has 0 radical (unpaired) electrons. The summed E-state index contributed by atoms with van der Waals surface area (Å²) in [6, 6.07) is 38.2. The van der Waals surface area contributed by atoms with Gasteiger partial charge < -0.3 is 46.9 Å². The Morgan fingerprint density at radius 2 is 0.746 bits per heavy atom. The van der Waals surface area contributed by atoms with Gasteiger partial charge in [-0.3, -0.25) is 0 Å². The molecule has 10 heteroatoms. The third-order valence-electron chi connectivity index (χ3n) is 11.3. The van der Waals surface area contributed by atoms with E-state index in [0.29, 0.717) is 0 Å². The first kappa shape index (κ1) is 42.9. The Bertz CT molecular complexity index is 2550. The monoisotopic (exact) mass is 824 g/mol. The molecule has 59 heavy (non-hydrogen) atoms. The van der Waals surface area contributed by atoms with Crippen LogP contribution >= 0.6 is 0 Å². The minimum Gasteiger partial charge on any atom is -1.00 e. The summed E-state index contributed by atoms with van der Waals surface area (Å²) in [4.78, 5) is 10.1. The number of hydrogen-bond acceptors (Lipinski definition) is 6. The van der Waals surface area contributed by atoms with Crippen LogP contribution in [0, 0.1) is 27.7 Å². The van der Waals surface area contributed by atoms with E-state index in [1.807, 2.05) is 13.8 Å². The second-order valence-electron chi connectivity index (χ2n) is 15.6. The Morgan fingerprint density at radius 3 is 1.12 bits per heavy atom. The van der Waals surface area contributed by atoms with Crippen molar-refractivity contribution in [3.05, 3.63) is 131 Å². The van der Waals surface area contributed by atoms with Crippen molar-refractivity contribution < 1.29 is 33.9 Å². The number of nitrogens with two attached hydrogens (primary N) is 2. The van der Waals surface area contributed by atoms with Crippen molar-refractivity contribution in [1.82, 2.24) is 9.97 Å². The maximum absolute atomic E-state index is 6.40. The molecule has 0 atom stereocenters. The van der Waals surface area contributed by atoms with Crippen LogP contribution in [0.5, 0.6) is 0 Å². The SMILES string of the molecule is Cc1cc2nc3cc(C)c(NCCCCCCCCCNc4cc5c(cc4C)nc4cc(C)c(N)cc4[n+]5-c4ccccc4)cc3[n+](-c3ccccc3)c2cc1N.[Cl-].[Cl-]. The highest BCUT2D eigenvalue weighted by molar-refractivity contribution is 5.88. The highest BCUT2D eigenvalue weighted by Gasteiger charge is 2.23. The Kier molecular flexibility index (Phi) is 13.8. The fourth-order valence-corrected chi connectivity index (χ4v) is 8.02. The van der Waals surface area contributed by atoms with Crippen LogP contribution in [0.2, 0.25) is 0 Å². The number of nitrogens with zero attached hydrogens (tertiary/aromatic N) is 4. The second-order valence-corrected chi connectivity index (χ2v) is 15.6. The number of para-hydroxylation sites is 2. The Morgan fingerprint density at radius 1 is 0.424 bits per heavy atom. The minimum atomic E-state index is 0. The molecular formula is C49H54Cl2N8. The normalized spacial score (nSPS) is 11.2. The predicted molar refractivity (Wildman–Crippen MR) is 239 cm³/mol. The summed E-state index contributed by atoms with van der Waals surface area (Å²) >= 11 is 0. The van der Waals surface area contributed by atoms with Crippen molar-refractivity contribution in [2.45, 2.75) is 72.6 Å². The lowest BCUT2D eigenvalue weighted by atomic mass is 10.1. The van der Waals surface area contributed by atoms with Crippen molar-refractivity contribution in [1.29, 1.82) is 0 Å². The fraction of sp³-hybridized carbons (Fsp3) is 0.265. The first-order valence-electron chi connectivity index (χ1n) is 20.5. The molecule has 0 aliphatic rings. The third kappa shape index (κ3) is 9.14. The van der Waals surface area contributed by atoms with Gasteiger partial charge in [-0.15, -0.1) is 9.13 Å². The largest absolute Gasteiger partial charge is 1.00 e. The van der Waals surface area contributed by atoms with Crippen molar-refractivity contribution >= 4 is 66.9 Å². The molecular weight excluding hydrogens is 772 g/mol. The zero-order valence-corrected chi connectivity index (χ0v) is 36.0. The predicted octanol–water partition coefficient (Wildman–Crippen LogP) is 4.30. The minimum absolute atomic E-state index is 0. The molecule has 2 heterocycles. The van der Waals surface area contributed by atoms with Gasteiger partial charge in [-0.05, 0) is 87.1 Å². The van der Waals surface area contributed by atoms with Crippen molar-refractivity contribution in [3.8, 4) is 11.4 Å². The molecule has 6 aromatic carbocycles. The molecule has 0 amide bonds. The summed E-state index contributed by atoms with van der Waals surface area (Å²) in [6.07, 6.45) is 8.50. The quantitative estimate of drug-likeness (QED) is 0.0564. The second kappa shape index (κ2) is 18.9. The molecule has 304 valence electrons. The number of nitrogen functional groups attached to an aromatic ring is 2. The van der Waals surface area contributed by atoms with E-state index in [1.54, 1.807) is 0 Å². The van der Waals surface area contributed by atoms with Crippen LogP contribution in [-0.2, 0) is 0 Å². The molecule has 8 nitrogen and oxygen atoms in total. The molecule has 0 fully saturated rings. The number of anilines is 4. The maximum Gasteiger partial charge on any atom is 0.239 e. The first-order valence-corrected chi connectivity index (χ1v) is 20.5. The Labute approximate surface area is 359 Å².